The van der Waals surface area contributed by atoms with E-state index in [1.54, 1.807) is 23.2 Å². The monoisotopic (exact) mass is 302 g/mol. The van der Waals surface area contributed by atoms with Crippen LogP contribution in [0.3, 0.4) is 0 Å². The van der Waals surface area contributed by atoms with E-state index in [9.17, 15) is 10.1 Å². The molecule has 1 aliphatic rings. The summed E-state index contributed by atoms with van der Waals surface area (Å²) in [5, 5.41) is 9.18. The molecule has 0 saturated carbocycles. The summed E-state index contributed by atoms with van der Waals surface area (Å²) in [6.45, 7) is 6.80. The van der Waals surface area contributed by atoms with E-state index < -0.39 is 5.60 Å². The van der Waals surface area contributed by atoms with E-state index in [1.807, 2.05) is 32.7 Å². The molecule has 0 aromatic carbocycles. The minimum atomic E-state index is -0.490. The summed E-state index contributed by atoms with van der Waals surface area (Å²) in [6, 6.07) is 5.79. The number of nitrogens with zero attached hydrogens (tertiary/aromatic N) is 4. The number of carbonyl (C=O) groups is 1. The number of hydrogen-bond donors (Lipinski definition) is 0. The Kier molecular flexibility index (Phi) is 4.55. The van der Waals surface area contributed by atoms with Gasteiger partial charge in [-0.2, -0.15) is 5.26 Å². The molecule has 0 bridgehead atoms. The van der Waals surface area contributed by atoms with E-state index in [0.717, 1.165) is 6.42 Å². The van der Waals surface area contributed by atoms with Gasteiger partial charge in [-0.15, -0.1) is 0 Å². The highest BCUT2D eigenvalue weighted by atomic mass is 16.6. The average Bonchev–Trinajstić information content (AvgIpc) is 2.94. The van der Waals surface area contributed by atoms with E-state index in [2.05, 4.69) is 11.1 Å². The van der Waals surface area contributed by atoms with Gasteiger partial charge in [0.1, 0.15) is 17.5 Å². The van der Waals surface area contributed by atoms with E-state index in [1.165, 1.54) is 0 Å². The maximum absolute atomic E-state index is 12.1. The zero-order valence-electron chi connectivity index (χ0n) is 13.5. The fraction of sp³-hybridized carbons (Fsp3) is 0.562. The van der Waals surface area contributed by atoms with Gasteiger partial charge in [0.2, 0.25) is 0 Å². The molecule has 118 valence electrons. The molecule has 6 heteroatoms. The number of amides is 1. The topological polar surface area (TPSA) is 69.5 Å². The van der Waals surface area contributed by atoms with Crippen molar-refractivity contribution in [3.63, 3.8) is 0 Å². The van der Waals surface area contributed by atoms with Gasteiger partial charge in [-0.25, -0.2) is 9.78 Å². The number of likely N-dealkylation sites (N-methyl/N-ethyl adjacent to an activating group) is 1. The number of anilines is 1. The standard InChI is InChI=1S/C16H22N4O2/c1-16(2,3)22-15(21)20-9-7-13(11-20)19(4)14-12(10-17)6-5-8-18-14/h5-6,8,13H,7,9,11H2,1-4H3. The van der Waals surface area contributed by atoms with Crippen molar-refractivity contribution in [1.29, 1.82) is 5.26 Å². The van der Waals surface area contributed by atoms with E-state index in [-0.39, 0.29) is 12.1 Å². The van der Waals surface area contributed by atoms with Crippen molar-refractivity contribution in [2.45, 2.75) is 38.8 Å². The Morgan fingerprint density at radius 3 is 2.91 bits per heavy atom. The highest BCUT2D eigenvalue weighted by molar-refractivity contribution is 5.69. The molecular formula is C16H22N4O2. The van der Waals surface area contributed by atoms with Gasteiger partial charge in [-0.1, -0.05) is 0 Å². The summed E-state index contributed by atoms with van der Waals surface area (Å²) in [4.78, 5) is 20.1. The Balaban J connectivity index is 2.04. The number of nitriles is 1. The molecule has 1 aromatic heterocycles. The quantitative estimate of drug-likeness (QED) is 0.839. The van der Waals surface area contributed by atoms with E-state index >= 15 is 0 Å². The molecule has 2 heterocycles. The summed E-state index contributed by atoms with van der Waals surface area (Å²) < 4.78 is 5.40. The Morgan fingerprint density at radius 1 is 1.55 bits per heavy atom. The lowest BCUT2D eigenvalue weighted by atomic mass is 10.2. The molecule has 1 amide bonds. The number of hydrogen-bond acceptors (Lipinski definition) is 5. The van der Waals surface area contributed by atoms with Gasteiger partial charge in [-0.3, -0.25) is 0 Å². The molecule has 1 fully saturated rings. The first-order valence-electron chi connectivity index (χ1n) is 7.37. The summed E-state index contributed by atoms with van der Waals surface area (Å²) in [5.74, 6) is 0.654. The zero-order valence-corrected chi connectivity index (χ0v) is 13.5. The predicted molar refractivity (Wildman–Crippen MR) is 83.6 cm³/mol. The number of ether oxygens (including phenoxy) is 1. The van der Waals surface area contributed by atoms with Crippen molar-refractivity contribution in [3.8, 4) is 6.07 Å². The molecule has 0 radical (unpaired) electrons. The third-order valence-electron chi connectivity index (χ3n) is 3.60. The van der Waals surface area contributed by atoms with Crippen molar-refractivity contribution >= 4 is 11.9 Å². The van der Waals surface area contributed by atoms with Gasteiger partial charge in [-0.05, 0) is 39.3 Å². The maximum Gasteiger partial charge on any atom is 0.410 e. The normalized spacial score (nSPS) is 18.0. The summed E-state index contributed by atoms with van der Waals surface area (Å²) in [7, 11) is 1.91. The first kappa shape index (κ1) is 16.1. The summed E-state index contributed by atoms with van der Waals surface area (Å²) in [6.07, 6.45) is 2.22. The summed E-state index contributed by atoms with van der Waals surface area (Å²) >= 11 is 0. The molecule has 6 nitrogen and oxygen atoms in total. The summed E-state index contributed by atoms with van der Waals surface area (Å²) in [5.41, 5.74) is 0.0523. The number of likely N-dealkylation sites (tertiary alicyclic amines) is 1. The van der Waals surface area contributed by atoms with Crippen LogP contribution in [0, 0.1) is 11.3 Å². The van der Waals surface area contributed by atoms with Crippen molar-refractivity contribution in [1.82, 2.24) is 9.88 Å². The smallest absolute Gasteiger partial charge is 0.410 e. The van der Waals surface area contributed by atoms with Crippen LogP contribution in [0.5, 0.6) is 0 Å². The average molecular weight is 302 g/mol. The van der Waals surface area contributed by atoms with Crippen LogP contribution in [0.15, 0.2) is 18.3 Å². The molecule has 0 N–H and O–H groups in total. The Morgan fingerprint density at radius 2 is 2.27 bits per heavy atom. The van der Waals surface area contributed by atoms with Gasteiger partial charge in [0.25, 0.3) is 0 Å². The Bertz CT molecular complexity index is 589. The molecule has 1 unspecified atom stereocenters. The second kappa shape index (κ2) is 6.22. The molecule has 1 saturated heterocycles. The van der Waals surface area contributed by atoms with Gasteiger partial charge in [0.05, 0.1) is 5.56 Å². The predicted octanol–water partition coefficient (Wildman–Crippen LogP) is 2.40. The molecule has 0 aliphatic carbocycles. The molecule has 1 aliphatic heterocycles. The lowest BCUT2D eigenvalue weighted by Gasteiger charge is -2.27. The minimum Gasteiger partial charge on any atom is -0.444 e. The molecule has 1 aromatic rings. The van der Waals surface area contributed by atoms with Gasteiger partial charge >= 0.3 is 6.09 Å². The Hall–Kier alpha value is -2.29. The van der Waals surface area contributed by atoms with Crippen molar-refractivity contribution in [2.24, 2.45) is 0 Å². The zero-order chi connectivity index (χ0) is 16.3. The van der Waals surface area contributed by atoms with Crippen LogP contribution in [-0.2, 0) is 4.74 Å². The molecule has 0 spiro atoms. The van der Waals surface area contributed by atoms with E-state index in [4.69, 9.17) is 4.74 Å². The van der Waals surface area contributed by atoms with Gasteiger partial charge < -0.3 is 14.5 Å². The van der Waals surface area contributed by atoms with Crippen LogP contribution in [0.4, 0.5) is 10.6 Å². The minimum absolute atomic E-state index is 0.134. The molecular weight excluding hydrogens is 280 g/mol. The third kappa shape index (κ3) is 3.67. The third-order valence-corrected chi connectivity index (χ3v) is 3.60. The van der Waals surface area contributed by atoms with E-state index in [0.29, 0.717) is 24.5 Å². The second-order valence-corrected chi connectivity index (χ2v) is 6.47. The highest BCUT2D eigenvalue weighted by Crippen LogP contribution is 2.23. The first-order valence-corrected chi connectivity index (χ1v) is 7.37. The fourth-order valence-corrected chi connectivity index (χ4v) is 2.49. The SMILES string of the molecule is CN(c1ncccc1C#N)C1CCN(C(=O)OC(C)(C)C)C1. The van der Waals surface area contributed by atoms with Crippen molar-refractivity contribution < 1.29 is 9.53 Å². The van der Waals surface area contributed by atoms with Crippen molar-refractivity contribution in [3.05, 3.63) is 23.9 Å². The Labute approximate surface area is 131 Å². The van der Waals surface area contributed by atoms with Crippen LogP contribution in [0.2, 0.25) is 0 Å². The lowest BCUT2D eigenvalue weighted by Crippen LogP contribution is -2.39. The number of rotatable bonds is 2. The largest absolute Gasteiger partial charge is 0.444 e. The van der Waals surface area contributed by atoms with Crippen LogP contribution >= 0.6 is 0 Å². The highest BCUT2D eigenvalue weighted by Gasteiger charge is 2.32. The molecule has 2 rings (SSSR count). The van der Waals surface area contributed by atoms with Crippen LogP contribution < -0.4 is 4.90 Å². The molecule has 22 heavy (non-hydrogen) atoms. The molecule has 1 atom stereocenters. The number of pyridine rings is 1. The maximum atomic E-state index is 12.1. The van der Waals surface area contributed by atoms with Gasteiger partial charge in [0.15, 0.2) is 0 Å². The van der Waals surface area contributed by atoms with Crippen LogP contribution in [0.25, 0.3) is 0 Å². The first-order chi connectivity index (χ1) is 10.3. The van der Waals surface area contributed by atoms with Crippen LogP contribution in [0.1, 0.15) is 32.8 Å². The number of carbonyl (C=O) groups excluding carboxylic acids is 1. The number of aromatic nitrogens is 1. The second-order valence-electron chi connectivity index (χ2n) is 6.47. The van der Waals surface area contributed by atoms with Crippen LogP contribution in [-0.4, -0.2) is 47.8 Å². The van der Waals surface area contributed by atoms with Crippen molar-refractivity contribution in [2.75, 3.05) is 25.0 Å². The van der Waals surface area contributed by atoms with Gasteiger partial charge in [0, 0.05) is 32.4 Å². The fourth-order valence-electron chi connectivity index (χ4n) is 2.49. The lowest BCUT2D eigenvalue weighted by molar-refractivity contribution is 0.0292.